The molecule has 18 heavy (non-hydrogen) atoms. The number of aromatic nitrogens is 1. The third-order valence-corrected chi connectivity index (χ3v) is 5.02. The molecule has 1 fully saturated rings. The van der Waals surface area contributed by atoms with Crippen molar-refractivity contribution in [3.8, 4) is 0 Å². The van der Waals surface area contributed by atoms with Crippen molar-refractivity contribution in [3.63, 3.8) is 0 Å². The molecular formula is C14H18N2OS. The average molecular weight is 262 g/mol. The average Bonchev–Trinajstić information content (AvgIpc) is 2.76. The van der Waals surface area contributed by atoms with E-state index in [0.29, 0.717) is 12.1 Å². The first-order chi connectivity index (χ1) is 8.61. The van der Waals surface area contributed by atoms with Crippen molar-refractivity contribution in [1.29, 1.82) is 0 Å². The van der Waals surface area contributed by atoms with Crippen molar-refractivity contribution in [2.24, 2.45) is 5.41 Å². The van der Waals surface area contributed by atoms with Gasteiger partial charge in [0.05, 0.1) is 16.3 Å². The maximum absolute atomic E-state index is 5.47. The largest absolute Gasteiger partial charge is 0.381 e. The summed E-state index contributed by atoms with van der Waals surface area (Å²) in [4.78, 5) is 4.62. The maximum atomic E-state index is 5.47. The highest BCUT2D eigenvalue weighted by Crippen LogP contribution is 2.44. The van der Waals surface area contributed by atoms with Crippen LogP contribution in [-0.4, -0.2) is 24.2 Å². The molecule has 1 aliphatic rings. The monoisotopic (exact) mass is 262 g/mol. The molecule has 1 aromatic carbocycles. The van der Waals surface area contributed by atoms with Crippen molar-refractivity contribution >= 4 is 26.7 Å². The number of hydrogen-bond donors (Lipinski definition) is 1. The Balaban J connectivity index is 1.78. The number of rotatable bonds is 3. The van der Waals surface area contributed by atoms with Crippen LogP contribution in [-0.2, 0) is 4.74 Å². The molecule has 2 aromatic rings. The molecule has 1 aromatic heterocycles. The van der Waals surface area contributed by atoms with Crippen LogP contribution in [0.2, 0.25) is 0 Å². The lowest BCUT2D eigenvalue weighted by Gasteiger charge is -2.51. The number of anilines is 1. The van der Waals surface area contributed by atoms with Gasteiger partial charge in [0.25, 0.3) is 0 Å². The number of nitrogens with one attached hydrogen (secondary N) is 1. The minimum Gasteiger partial charge on any atom is -0.381 e. The predicted molar refractivity (Wildman–Crippen MR) is 76.2 cm³/mol. The molecule has 2 atom stereocenters. The van der Waals surface area contributed by atoms with Crippen LogP contribution in [0.25, 0.3) is 10.2 Å². The van der Waals surface area contributed by atoms with Crippen molar-refractivity contribution < 1.29 is 4.74 Å². The Bertz CT molecular complexity index is 531. The minimum absolute atomic E-state index is 0.173. The summed E-state index contributed by atoms with van der Waals surface area (Å²) in [6.07, 6.45) is 1.41. The van der Waals surface area contributed by atoms with E-state index >= 15 is 0 Å². The minimum atomic E-state index is 0.173. The Morgan fingerprint density at radius 2 is 2.17 bits per heavy atom. The standard InChI is InChI=1S/C14H18N2OS/c1-14(2)11(8-12(14)17-3)16-13-15-9-6-4-5-7-10(9)18-13/h4-7,11-12H,8H2,1-3H3,(H,15,16). The molecule has 0 spiro atoms. The van der Waals surface area contributed by atoms with Crippen LogP contribution in [0.3, 0.4) is 0 Å². The SMILES string of the molecule is COC1CC(Nc2nc3ccccc3s2)C1(C)C. The number of thiazole rings is 1. The maximum Gasteiger partial charge on any atom is 0.184 e. The van der Waals surface area contributed by atoms with E-state index in [1.54, 1.807) is 18.4 Å². The van der Waals surface area contributed by atoms with Crippen molar-refractivity contribution in [2.75, 3.05) is 12.4 Å². The normalized spacial score (nSPS) is 25.9. The second-order valence-corrected chi connectivity index (χ2v) is 6.50. The van der Waals surface area contributed by atoms with Gasteiger partial charge in [0.15, 0.2) is 5.13 Å². The summed E-state index contributed by atoms with van der Waals surface area (Å²) in [6, 6.07) is 8.70. The van der Waals surface area contributed by atoms with Gasteiger partial charge in [-0.25, -0.2) is 4.98 Å². The van der Waals surface area contributed by atoms with Gasteiger partial charge in [0.2, 0.25) is 0 Å². The van der Waals surface area contributed by atoms with E-state index in [9.17, 15) is 0 Å². The number of hydrogen-bond acceptors (Lipinski definition) is 4. The number of ether oxygens (including phenoxy) is 1. The fourth-order valence-corrected chi connectivity index (χ4v) is 3.53. The zero-order valence-corrected chi connectivity index (χ0v) is 11.8. The van der Waals surface area contributed by atoms with Gasteiger partial charge in [-0.15, -0.1) is 0 Å². The van der Waals surface area contributed by atoms with Crippen LogP contribution in [0.4, 0.5) is 5.13 Å². The fourth-order valence-electron chi connectivity index (χ4n) is 2.61. The summed E-state index contributed by atoms with van der Waals surface area (Å²) < 4.78 is 6.71. The van der Waals surface area contributed by atoms with E-state index in [1.165, 1.54) is 4.70 Å². The highest BCUT2D eigenvalue weighted by atomic mass is 32.1. The van der Waals surface area contributed by atoms with Crippen LogP contribution in [0, 0.1) is 5.41 Å². The summed E-state index contributed by atoms with van der Waals surface area (Å²) in [5, 5.41) is 4.57. The first-order valence-corrected chi connectivity index (χ1v) is 7.08. The van der Waals surface area contributed by atoms with Crippen LogP contribution >= 0.6 is 11.3 Å². The lowest BCUT2D eigenvalue weighted by atomic mass is 9.64. The van der Waals surface area contributed by atoms with Crippen molar-refractivity contribution in [3.05, 3.63) is 24.3 Å². The molecule has 1 aliphatic carbocycles. The second kappa shape index (κ2) is 4.21. The van der Waals surface area contributed by atoms with Gasteiger partial charge in [-0.1, -0.05) is 37.3 Å². The highest BCUT2D eigenvalue weighted by Gasteiger charge is 2.48. The number of methoxy groups -OCH3 is 1. The van der Waals surface area contributed by atoms with Gasteiger partial charge in [0, 0.05) is 18.6 Å². The second-order valence-electron chi connectivity index (χ2n) is 5.47. The van der Waals surface area contributed by atoms with Crippen LogP contribution in [0.15, 0.2) is 24.3 Å². The van der Waals surface area contributed by atoms with Crippen molar-refractivity contribution in [1.82, 2.24) is 4.98 Å². The number of para-hydroxylation sites is 1. The number of nitrogens with zero attached hydrogens (tertiary/aromatic N) is 1. The third-order valence-electron chi connectivity index (χ3n) is 4.05. The molecule has 1 heterocycles. The zero-order valence-electron chi connectivity index (χ0n) is 10.9. The molecule has 0 amide bonds. The molecule has 96 valence electrons. The molecule has 0 radical (unpaired) electrons. The number of benzene rings is 1. The van der Waals surface area contributed by atoms with Gasteiger partial charge in [-0.05, 0) is 18.6 Å². The summed E-state index contributed by atoms with van der Waals surface area (Å²) in [5.41, 5.74) is 1.25. The summed E-state index contributed by atoms with van der Waals surface area (Å²) in [5.74, 6) is 0. The Kier molecular flexibility index (Phi) is 2.79. The molecule has 1 N–H and O–H groups in total. The first-order valence-electron chi connectivity index (χ1n) is 6.26. The molecule has 3 rings (SSSR count). The van der Waals surface area contributed by atoms with E-state index in [4.69, 9.17) is 4.74 Å². The Labute approximate surface area is 111 Å². The van der Waals surface area contributed by atoms with E-state index in [2.05, 4.69) is 42.3 Å². The highest BCUT2D eigenvalue weighted by molar-refractivity contribution is 7.22. The molecular weight excluding hydrogens is 244 g/mol. The van der Waals surface area contributed by atoms with E-state index < -0.39 is 0 Å². The fraction of sp³-hybridized carbons (Fsp3) is 0.500. The van der Waals surface area contributed by atoms with Gasteiger partial charge < -0.3 is 10.1 Å². The van der Waals surface area contributed by atoms with Crippen molar-refractivity contribution in [2.45, 2.75) is 32.4 Å². The summed E-state index contributed by atoms with van der Waals surface area (Å²) in [7, 11) is 1.79. The quantitative estimate of drug-likeness (QED) is 0.919. The van der Waals surface area contributed by atoms with Gasteiger partial charge in [-0.2, -0.15) is 0 Å². The van der Waals surface area contributed by atoms with E-state index in [1.807, 2.05) is 6.07 Å². The molecule has 1 saturated carbocycles. The molecule has 2 unspecified atom stereocenters. The van der Waals surface area contributed by atoms with Crippen LogP contribution in [0.5, 0.6) is 0 Å². The van der Waals surface area contributed by atoms with E-state index in [0.717, 1.165) is 17.1 Å². The molecule has 0 aliphatic heterocycles. The Morgan fingerprint density at radius 1 is 1.39 bits per heavy atom. The summed E-state index contributed by atoms with van der Waals surface area (Å²) >= 11 is 1.72. The molecule has 4 heteroatoms. The predicted octanol–water partition coefficient (Wildman–Crippen LogP) is 3.52. The number of fused-ring (bicyclic) bond motifs is 1. The first kappa shape index (κ1) is 11.9. The third kappa shape index (κ3) is 1.80. The smallest absolute Gasteiger partial charge is 0.184 e. The van der Waals surface area contributed by atoms with Gasteiger partial charge in [0.1, 0.15) is 0 Å². The molecule has 3 nitrogen and oxygen atoms in total. The van der Waals surface area contributed by atoms with Crippen LogP contribution < -0.4 is 5.32 Å². The topological polar surface area (TPSA) is 34.1 Å². The lowest BCUT2D eigenvalue weighted by molar-refractivity contribution is -0.0794. The molecule has 0 saturated heterocycles. The Morgan fingerprint density at radius 3 is 2.83 bits per heavy atom. The van der Waals surface area contributed by atoms with E-state index in [-0.39, 0.29) is 5.41 Å². The Hall–Kier alpha value is -1.13. The zero-order chi connectivity index (χ0) is 12.8. The lowest BCUT2D eigenvalue weighted by Crippen LogP contribution is -2.57. The molecule has 0 bridgehead atoms. The van der Waals surface area contributed by atoms with Crippen LogP contribution in [0.1, 0.15) is 20.3 Å². The van der Waals surface area contributed by atoms with Gasteiger partial charge in [-0.3, -0.25) is 0 Å². The van der Waals surface area contributed by atoms with Gasteiger partial charge >= 0.3 is 0 Å². The summed E-state index contributed by atoms with van der Waals surface area (Å²) in [6.45, 7) is 4.49.